The number of rotatable bonds is 6. The Bertz CT molecular complexity index is 655. The zero-order chi connectivity index (χ0) is 17.0. The molecule has 0 aliphatic carbocycles. The number of benzene rings is 1. The van der Waals surface area contributed by atoms with Crippen LogP contribution in [0.15, 0.2) is 29.2 Å². The zero-order valence-electron chi connectivity index (χ0n) is 13.5. The van der Waals surface area contributed by atoms with Crippen molar-refractivity contribution in [3.8, 4) is 0 Å². The Labute approximate surface area is 143 Å². The Morgan fingerprint density at radius 1 is 1.26 bits per heavy atom. The van der Waals surface area contributed by atoms with Gasteiger partial charge < -0.3 is 4.90 Å². The third kappa shape index (κ3) is 4.68. The Kier molecular flexibility index (Phi) is 6.06. The minimum absolute atomic E-state index is 0.00430. The number of likely N-dealkylation sites (tertiary alicyclic amines) is 1. The lowest BCUT2D eigenvalue weighted by molar-refractivity contribution is -0.132. The van der Waals surface area contributed by atoms with E-state index >= 15 is 0 Å². The summed E-state index contributed by atoms with van der Waals surface area (Å²) in [5.74, 6) is 0.0485. The number of nitrogens with one attached hydrogen (secondary N) is 1. The predicted molar refractivity (Wildman–Crippen MR) is 90.8 cm³/mol. The number of nitrogens with zero attached hydrogens (tertiary/aromatic N) is 1. The van der Waals surface area contributed by atoms with Gasteiger partial charge in [0.05, 0.1) is 5.02 Å². The van der Waals surface area contributed by atoms with Gasteiger partial charge in [-0.2, -0.15) is 4.72 Å². The second-order valence-corrected chi connectivity index (χ2v) is 8.36. The molecule has 0 unspecified atom stereocenters. The van der Waals surface area contributed by atoms with E-state index < -0.39 is 16.1 Å². The molecule has 128 valence electrons. The highest BCUT2D eigenvalue weighted by Gasteiger charge is 2.31. The van der Waals surface area contributed by atoms with Crippen molar-refractivity contribution in [1.82, 2.24) is 9.62 Å². The van der Waals surface area contributed by atoms with Crippen molar-refractivity contribution >= 4 is 27.5 Å². The highest BCUT2D eigenvalue weighted by atomic mass is 35.5. The van der Waals surface area contributed by atoms with Crippen molar-refractivity contribution < 1.29 is 13.2 Å². The molecule has 1 atom stereocenters. The predicted octanol–water partition coefficient (Wildman–Crippen LogP) is 2.66. The van der Waals surface area contributed by atoms with Gasteiger partial charge in [-0.3, -0.25) is 4.79 Å². The maximum absolute atomic E-state index is 12.6. The fourth-order valence-electron chi connectivity index (χ4n) is 2.74. The summed E-state index contributed by atoms with van der Waals surface area (Å²) in [4.78, 5) is 14.4. The average molecular weight is 359 g/mol. The first-order chi connectivity index (χ1) is 10.8. The molecule has 1 aliphatic rings. The molecule has 1 saturated heterocycles. The van der Waals surface area contributed by atoms with E-state index in [1.54, 1.807) is 17.0 Å². The first kappa shape index (κ1) is 18.2. The molecule has 0 aromatic heterocycles. The van der Waals surface area contributed by atoms with Crippen LogP contribution in [0.2, 0.25) is 5.02 Å². The van der Waals surface area contributed by atoms with Crippen LogP contribution in [0.1, 0.15) is 33.1 Å². The van der Waals surface area contributed by atoms with Crippen LogP contribution in [0.25, 0.3) is 0 Å². The van der Waals surface area contributed by atoms with Crippen LogP contribution in [0.4, 0.5) is 0 Å². The Morgan fingerprint density at radius 3 is 2.43 bits per heavy atom. The van der Waals surface area contributed by atoms with Gasteiger partial charge in [0.2, 0.25) is 15.9 Å². The normalized spacial score (nSPS) is 16.8. The maximum Gasteiger partial charge on any atom is 0.242 e. The molecule has 23 heavy (non-hydrogen) atoms. The second kappa shape index (κ2) is 7.64. The van der Waals surface area contributed by atoms with Gasteiger partial charge in [-0.25, -0.2) is 8.42 Å². The van der Waals surface area contributed by atoms with Crippen LogP contribution in [-0.4, -0.2) is 38.4 Å². The summed E-state index contributed by atoms with van der Waals surface area (Å²) >= 11 is 5.99. The molecule has 1 aliphatic heterocycles. The van der Waals surface area contributed by atoms with Gasteiger partial charge in [0.1, 0.15) is 10.9 Å². The van der Waals surface area contributed by atoms with Gasteiger partial charge in [0.15, 0.2) is 0 Å². The van der Waals surface area contributed by atoms with Crippen LogP contribution in [0, 0.1) is 5.92 Å². The lowest BCUT2D eigenvalue weighted by atomic mass is 10.0. The molecule has 1 fully saturated rings. The van der Waals surface area contributed by atoms with Crippen LogP contribution in [-0.2, 0) is 14.8 Å². The Morgan fingerprint density at radius 2 is 1.87 bits per heavy atom. The third-order valence-electron chi connectivity index (χ3n) is 3.85. The van der Waals surface area contributed by atoms with E-state index in [0.717, 1.165) is 12.8 Å². The van der Waals surface area contributed by atoms with E-state index in [0.29, 0.717) is 19.5 Å². The number of halogens is 1. The van der Waals surface area contributed by atoms with Crippen LogP contribution < -0.4 is 4.72 Å². The van der Waals surface area contributed by atoms with Gasteiger partial charge in [-0.05, 0) is 37.3 Å². The van der Waals surface area contributed by atoms with Gasteiger partial charge in [0.25, 0.3) is 0 Å². The van der Waals surface area contributed by atoms with Crippen LogP contribution in [0.5, 0.6) is 0 Å². The molecule has 1 aromatic carbocycles. The molecule has 0 bridgehead atoms. The van der Waals surface area contributed by atoms with E-state index in [2.05, 4.69) is 4.72 Å². The molecular weight excluding hydrogens is 336 g/mol. The first-order valence-corrected chi connectivity index (χ1v) is 9.73. The zero-order valence-corrected chi connectivity index (χ0v) is 15.0. The fourth-order valence-corrected chi connectivity index (χ4v) is 4.46. The van der Waals surface area contributed by atoms with Crippen molar-refractivity contribution in [2.24, 2.45) is 5.92 Å². The average Bonchev–Trinajstić information content (AvgIpc) is 2.99. The Hall–Kier alpha value is -1.11. The smallest absolute Gasteiger partial charge is 0.242 e. The van der Waals surface area contributed by atoms with Crippen molar-refractivity contribution in [3.63, 3.8) is 0 Å². The molecule has 0 radical (unpaired) electrons. The quantitative estimate of drug-likeness (QED) is 0.850. The lowest BCUT2D eigenvalue weighted by Crippen LogP contribution is -2.48. The minimum Gasteiger partial charge on any atom is -0.341 e. The van der Waals surface area contributed by atoms with Crippen LogP contribution in [0.3, 0.4) is 0 Å². The van der Waals surface area contributed by atoms with E-state index in [9.17, 15) is 13.2 Å². The first-order valence-electron chi connectivity index (χ1n) is 7.87. The third-order valence-corrected chi connectivity index (χ3v) is 5.82. The summed E-state index contributed by atoms with van der Waals surface area (Å²) in [5.41, 5.74) is 0. The lowest BCUT2D eigenvalue weighted by Gasteiger charge is -2.25. The SMILES string of the molecule is CC(C)C[C@H](NS(=O)(=O)c1ccccc1Cl)C(=O)N1CCCC1. The summed E-state index contributed by atoms with van der Waals surface area (Å²) in [6, 6.07) is 5.49. The number of carbonyl (C=O) groups is 1. The minimum atomic E-state index is -3.84. The van der Waals surface area contributed by atoms with Gasteiger partial charge in [0, 0.05) is 13.1 Å². The van der Waals surface area contributed by atoms with Crippen molar-refractivity contribution in [3.05, 3.63) is 29.3 Å². The summed E-state index contributed by atoms with van der Waals surface area (Å²) in [7, 11) is -3.84. The molecule has 7 heteroatoms. The molecule has 1 N–H and O–H groups in total. The molecule has 1 heterocycles. The highest BCUT2D eigenvalue weighted by Crippen LogP contribution is 2.22. The summed E-state index contributed by atoms with van der Waals surface area (Å²) in [6.07, 6.45) is 2.40. The summed E-state index contributed by atoms with van der Waals surface area (Å²) < 4.78 is 27.8. The van der Waals surface area contributed by atoms with Crippen molar-refractivity contribution in [2.45, 2.75) is 44.0 Å². The maximum atomic E-state index is 12.6. The van der Waals surface area contributed by atoms with Crippen molar-refractivity contribution in [2.75, 3.05) is 13.1 Å². The number of amides is 1. The van der Waals surface area contributed by atoms with Gasteiger partial charge in [-0.15, -0.1) is 0 Å². The van der Waals surface area contributed by atoms with Crippen LogP contribution >= 0.6 is 11.6 Å². The van der Waals surface area contributed by atoms with E-state index in [-0.39, 0.29) is 21.7 Å². The summed E-state index contributed by atoms with van der Waals surface area (Å²) in [5, 5.41) is 0.150. The molecule has 5 nitrogen and oxygen atoms in total. The number of sulfonamides is 1. The standard InChI is InChI=1S/C16H23ClN2O3S/c1-12(2)11-14(16(20)19-9-5-6-10-19)18-23(21,22)15-8-4-3-7-13(15)17/h3-4,7-8,12,14,18H,5-6,9-11H2,1-2H3/t14-/m0/s1. The number of hydrogen-bond acceptors (Lipinski definition) is 3. The molecule has 0 spiro atoms. The van der Waals surface area contributed by atoms with Gasteiger partial charge in [-0.1, -0.05) is 37.6 Å². The monoisotopic (exact) mass is 358 g/mol. The van der Waals surface area contributed by atoms with Gasteiger partial charge >= 0.3 is 0 Å². The molecule has 1 amide bonds. The molecule has 1 aromatic rings. The largest absolute Gasteiger partial charge is 0.341 e. The highest BCUT2D eigenvalue weighted by molar-refractivity contribution is 7.89. The molecule has 0 saturated carbocycles. The Balaban J connectivity index is 2.22. The van der Waals surface area contributed by atoms with E-state index in [1.165, 1.54) is 12.1 Å². The topological polar surface area (TPSA) is 66.5 Å². The number of carbonyl (C=O) groups excluding carboxylic acids is 1. The van der Waals surface area contributed by atoms with E-state index in [1.807, 2.05) is 13.8 Å². The van der Waals surface area contributed by atoms with Crippen molar-refractivity contribution in [1.29, 1.82) is 0 Å². The molecular formula is C16H23ClN2O3S. The second-order valence-electron chi connectivity index (χ2n) is 6.27. The molecule has 2 rings (SSSR count). The fraction of sp³-hybridized carbons (Fsp3) is 0.562. The summed E-state index contributed by atoms with van der Waals surface area (Å²) in [6.45, 7) is 5.32. The number of hydrogen-bond donors (Lipinski definition) is 1. The van der Waals surface area contributed by atoms with E-state index in [4.69, 9.17) is 11.6 Å².